The van der Waals surface area contributed by atoms with Gasteiger partial charge in [0, 0.05) is 17.7 Å². The van der Waals surface area contributed by atoms with Crippen molar-refractivity contribution >= 4 is 17.6 Å². The van der Waals surface area contributed by atoms with Gasteiger partial charge in [0.15, 0.2) is 11.5 Å². The Kier molecular flexibility index (Phi) is 3.00. The lowest BCUT2D eigenvalue weighted by Gasteiger charge is -2.28. The second-order valence-electron chi connectivity index (χ2n) is 6.21. The summed E-state index contributed by atoms with van der Waals surface area (Å²) < 4.78 is 16.1. The molecule has 3 heterocycles. The highest BCUT2D eigenvalue weighted by Gasteiger charge is 2.40. The van der Waals surface area contributed by atoms with E-state index >= 15 is 0 Å². The summed E-state index contributed by atoms with van der Waals surface area (Å²) in [7, 11) is 0. The third-order valence-corrected chi connectivity index (χ3v) is 4.82. The largest absolute Gasteiger partial charge is 0.478 e. The van der Waals surface area contributed by atoms with Gasteiger partial charge in [-0.25, -0.2) is 9.59 Å². The lowest BCUT2D eigenvalue weighted by atomic mass is 9.79. The average Bonchev–Trinajstić information content (AvgIpc) is 3.24. The fraction of sp³-hybridized carbons (Fsp3) is 0.158. The van der Waals surface area contributed by atoms with Gasteiger partial charge in [0.25, 0.3) is 0 Å². The molecule has 0 fully saturated rings. The van der Waals surface area contributed by atoms with E-state index in [0.29, 0.717) is 28.3 Å². The van der Waals surface area contributed by atoms with Crippen LogP contribution >= 0.6 is 0 Å². The highest BCUT2D eigenvalue weighted by molar-refractivity contribution is 5.99. The van der Waals surface area contributed by atoms with Gasteiger partial charge in [0.2, 0.25) is 6.79 Å². The van der Waals surface area contributed by atoms with Gasteiger partial charge in [-0.1, -0.05) is 18.2 Å². The number of esters is 1. The van der Waals surface area contributed by atoms with Crippen molar-refractivity contribution in [2.45, 2.75) is 5.92 Å². The topological polar surface area (TPSA) is 94.1 Å². The zero-order chi connectivity index (χ0) is 17.8. The molecule has 0 aromatic heterocycles. The number of carboxylic acid groups (broad SMARTS) is 1. The van der Waals surface area contributed by atoms with Crippen LogP contribution in [-0.4, -0.2) is 30.4 Å². The zero-order valence-electron chi connectivity index (χ0n) is 13.4. The van der Waals surface area contributed by atoms with E-state index in [4.69, 9.17) is 14.2 Å². The number of cyclic esters (lactones) is 1. The van der Waals surface area contributed by atoms with E-state index in [1.54, 1.807) is 30.3 Å². The SMILES string of the molecule is O=C1OCC2=C1[C@@H](c1ccccc1C(=O)O)c1cc3c(cc1N2)OCO3. The van der Waals surface area contributed by atoms with Crippen molar-refractivity contribution < 1.29 is 28.9 Å². The summed E-state index contributed by atoms with van der Waals surface area (Å²) >= 11 is 0. The van der Waals surface area contributed by atoms with Crippen LogP contribution in [0.3, 0.4) is 0 Å². The number of carbonyl (C=O) groups is 2. The Morgan fingerprint density at radius 1 is 1.08 bits per heavy atom. The van der Waals surface area contributed by atoms with Gasteiger partial charge in [-0.3, -0.25) is 0 Å². The van der Waals surface area contributed by atoms with E-state index in [0.717, 1.165) is 11.3 Å². The second kappa shape index (κ2) is 5.26. The van der Waals surface area contributed by atoms with Crippen LogP contribution in [0.1, 0.15) is 27.4 Å². The third-order valence-electron chi connectivity index (χ3n) is 4.82. The minimum atomic E-state index is -1.05. The molecule has 2 aromatic rings. The van der Waals surface area contributed by atoms with E-state index in [-0.39, 0.29) is 19.0 Å². The monoisotopic (exact) mass is 351 g/mol. The number of nitrogens with one attached hydrogen (secondary N) is 1. The zero-order valence-corrected chi connectivity index (χ0v) is 13.4. The Bertz CT molecular complexity index is 1010. The third kappa shape index (κ3) is 2.00. The molecule has 7 heteroatoms. The van der Waals surface area contributed by atoms with Crippen LogP contribution in [0.4, 0.5) is 5.69 Å². The number of hydrogen-bond acceptors (Lipinski definition) is 6. The summed E-state index contributed by atoms with van der Waals surface area (Å²) in [6.07, 6.45) is 0. The molecule has 0 aliphatic carbocycles. The minimum absolute atomic E-state index is 0.129. The predicted octanol–water partition coefficient (Wildman–Crippen LogP) is 2.48. The number of benzene rings is 2. The van der Waals surface area contributed by atoms with Gasteiger partial charge >= 0.3 is 11.9 Å². The first-order chi connectivity index (χ1) is 12.6. The molecule has 2 N–H and O–H groups in total. The molecule has 0 amide bonds. The highest BCUT2D eigenvalue weighted by atomic mass is 16.7. The first-order valence-corrected chi connectivity index (χ1v) is 8.06. The lowest BCUT2D eigenvalue weighted by Crippen LogP contribution is -2.21. The molecule has 7 nitrogen and oxygen atoms in total. The van der Waals surface area contributed by atoms with Crippen molar-refractivity contribution in [1.29, 1.82) is 0 Å². The van der Waals surface area contributed by atoms with Crippen LogP contribution in [0.2, 0.25) is 0 Å². The molecule has 3 aliphatic rings. The summed E-state index contributed by atoms with van der Waals surface area (Å²) in [5.41, 5.74) is 3.26. The number of rotatable bonds is 2. The Labute approximate surface area is 147 Å². The van der Waals surface area contributed by atoms with Gasteiger partial charge in [0.1, 0.15) is 6.61 Å². The highest BCUT2D eigenvalue weighted by Crippen LogP contribution is 2.49. The van der Waals surface area contributed by atoms with Crippen LogP contribution in [-0.2, 0) is 9.53 Å². The van der Waals surface area contributed by atoms with Crippen LogP contribution in [0, 0.1) is 0 Å². The Balaban J connectivity index is 1.77. The molecule has 0 spiro atoms. The van der Waals surface area contributed by atoms with Gasteiger partial charge in [-0.15, -0.1) is 0 Å². The van der Waals surface area contributed by atoms with Crippen molar-refractivity contribution in [2.75, 3.05) is 18.7 Å². The second-order valence-corrected chi connectivity index (χ2v) is 6.21. The minimum Gasteiger partial charge on any atom is -0.478 e. The summed E-state index contributed by atoms with van der Waals surface area (Å²) in [4.78, 5) is 24.1. The molecule has 5 rings (SSSR count). The van der Waals surface area contributed by atoms with Crippen molar-refractivity contribution in [2.24, 2.45) is 0 Å². The van der Waals surface area contributed by atoms with Gasteiger partial charge in [-0.05, 0) is 23.3 Å². The molecule has 0 bridgehead atoms. The van der Waals surface area contributed by atoms with Gasteiger partial charge < -0.3 is 24.6 Å². The van der Waals surface area contributed by atoms with Gasteiger partial charge in [-0.2, -0.15) is 0 Å². The number of carbonyl (C=O) groups excluding carboxylic acids is 1. The fourth-order valence-corrected chi connectivity index (χ4v) is 3.70. The first kappa shape index (κ1) is 14.8. The van der Waals surface area contributed by atoms with Crippen molar-refractivity contribution in [3.05, 3.63) is 64.4 Å². The summed E-state index contributed by atoms with van der Waals surface area (Å²) in [6.45, 7) is 0.261. The normalized spacial score (nSPS) is 19.5. The first-order valence-electron chi connectivity index (χ1n) is 8.06. The quantitative estimate of drug-likeness (QED) is 0.803. The van der Waals surface area contributed by atoms with E-state index in [2.05, 4.69) is 5.32 Å². The molecule has 0 saturated carbocycles. The van der Waals surface area contributed by atoms with Crippen LogP contribution in [0.15, 0.2) is 47.7 Å². The van der Waals surface area contributed by atoms with E-state index in [9.17, 15) is 14.7 Å². The smallest absolute Gasteiger partial charge is 0.337 e. The summed E-state index contributed by atoms with van der Waals surface area (Å²) in [5, 5.41) is 12.8. The predicted molar refractivity (Wildman–Crippen MR) is 89.4 cm³/mol. The van der Waals surface area contributed by atoms with Crippen molar-refractivity contribution in [3.8, 4) is 11.5 Å². The van der Waals surface area contributed by atoms with E-state index in [1.165, 1.54) is 6.07 Å². The number of aromatic carboxylic acids is 1. The maximum Gasteiger partial charge on any atom is 0.337 e. The van der Waals surface area contributed by atoms with Crippen LogP contribution in [0.25, 0.3) is 0 Å². The Hall–Kier alpha value is -3.48. The van der Waals surface area contributed by atoms with E-state index < -0.39 is 17.9 Å². The van der Waals surface area contributed by atoms with Gasteiger partial charge in [0.05, 0.1) is 16.8 Å². The standard InChI is InChI=1S/C19H13NO6/c21-18(22)10-4-2-1-3-9(10)16-11-5-14-15(26-8-25-14)6-12(11)20-13-7-24-19(23)17(13)16/h1-6,16,20H,7-8H2,(H,21,22)/t16-/m0/s1. The number of ether oxygens (including phenoxy) is 3. The fourth-order valence-electron chi connectivity index (χ4n) is 3.70. The number of fused-ring (bicyclic) bond motifs is 2. The molecule has 2 aromatic carbocycles. The van der Waals surface area contributed by atoms with E-state index in [1.807, 2.05) is 0 Å². The molecule has 0 radical (unpaired) electrons. The molecule has 1 atom stereocenters. The summed E-state index contributed by atoms with van der Waals surface area (Å²) in [5.74, 6) is -0.872. The average molecular weight is 351 g/mol. The lowest BCUT2D eigenvalue weighted by molar-refractivity contribution is -0.136. The summed E-state index contributed by atoms with van der Waals surface area (Å²) in [6, 6.07) is 10.3. The number of hydrogen-bond donors (Lipinski definition) is 2. The molecule has 26 heavy (non-hydrogen) atoms. The van der Waals surface area contributed by atoms with Crippen LogP contribution < -0.4 is 14.8 Å². The molecule has 0 unspecified atom stereocenters. The van der Waals surface area contributed by atoms with Crippen molar-refractivity contribution in [3.63, 3.8) is 0 Å². The number of carboxylic acids is 1. The molecule has 130 valence electrons. The van der Waals surface area contributed by atoms with Crippen LogP contribution in [0.5, 0.6) is 11.5 Å². The Morgan fingerprint density at radius 2 is 1.85 bits per heavy atom. The molecular formula is C19H13NO6. The Morgan fingerprint density at radius 3 is 2.65 bits per heavy atom. The molecule has 0 saturated heterocycles. The number of anilines is 1. The maximum absolute atomic E-state index is 12.4. The molecule has 3 aliphatic heterocycles. The van der Waals surface area contributed by atoms with Crippen molar-refractivity contribution in [1.82, 2.24) is 0 Å². The molecular weight excluding hydrogens is 338 g/mol. The maximum atomic E-state index is 12.4.